The van der Waals surface area contributed by atoms with Gasteiger partial charge in [-0.2, -0.15) is 0 Å². The first-order valence-electron chi connectivity index (χ1n) is 3.43. The van der Waals surface area contributed by atoms with Crippen molar-refractivity contribution < 1.29 is 9.90 Å². The summed E-state index contributed by atoms with van der Waals surface area (Å²) >= 11 is 0. The second kappa shape index (κ2) is 4.65. The maximum Gasteiger partial charge on any atom is 0.325 e. The standard InChI is InChI=1S/C6H12N2O3/c1-3-5(2)8(7-11)4-6(9)10/h5H,3-4H2,1-2H3,(H,9,10). The molecule has 0 amide bonds. The molecule has 0 aliphatic heterocycles. The van der Waals surface area contributed by atoms with Crippen LogP contribution < -0.4 is 0 Å². The molecule has 0 spiro atoms. The van der Waals surface area contributed by atoms with Crippen LogP contribution in [0.2, 0.25) is 0 Å². The van der Waals surface area contributed by atoms with Crippen molar-refractivity contribution >= 4 is 5.97 Å². The van der Waals surface area contributed by atoms with E-state index >= 15 is 0 Å². The molecule has 1 unspecified atom stereocenters. The normalized spacial score (nSPS) is 12.2. The van der Waals surface area contributed by atoms with E-state index in [0.29, 0.717) is 6.42 Å². The summed E-state index contributed by atoms with van der Waals surface area (Å²) in [6.45, 7) is 3.30. The van der Waals surface area contributed by atoms with Crippen LogP contribution in [0.15, 0.2) is 5.29 Å². The summed E-state index contributed by atoms with van der Waals surface area (Å²) in [7, 11) is 0. The molecule has 0 radical (unpaired) electrons. The maximum atomic E-state index is 10.1. The van der Waals surface area contributed by atoms with Crippen molar-refractivity contribution in [2.45, 2.75) is 26.3 Å². The topological polar surface area (TPSA) is 70.0 Å². The molecule has 0 rings (SSSR count). The smallest absolute Gasteiger partial charge is 0.325 e. The number of carboxylic acid groups (broad SMARTS) is 1. The van der Waals surface area contributed by atoms with Gasteiger partial charge in [-0.05, 0) is 13.3 Å². The first-order valence-corrected chi connectivity index (χ1v) is 3.43. The Hall–Kier alpha value is -1.13. The van der Waals surface area contributed by atoms with E-state index in [1.165, 1.54) is 0 Å². The minimum absolute atomic E-state index is 0.108. The minimum atomic E-state index is -1.04. The molecule has 0 saturated heterocycles. The van der Waals surface area contributed by atoms with Gasteiger partial charge in [-0.25, -0.2) is 5.01 Å². The van der Waals surface area contributed by atoms with Gasteiger partial charge in [0.25, 0.3) is 0 Å². The predicted octanol–water partition coefficient (Wildman–Crippen LogP) is 0.853. The average molecular weight is 160 g/mol. The van der Waals surface area contributed by atoms with E-state index < -0.39 is 5.97 Å². The van der Waals surface area contributed by atoms with Gasteiger partial charge in [-0.3, -0.25) is 4.79 Å². The van der Waals surface area contributed by atoms with Gasteiger partial charge in [-0.15, -0.1) is 4.91 Å². The molecule has 0 bridgehead atoms. The summed E-state index contributed by atoms with van der Waals surface area (Å²) in [6, 6.07) is -0.108. The first-order chi connectivity index (χ1) is 5.11. The molecule has 0 fully saturated rings. The fourth-order valence-corrected chi connectivity index (χ4v) is 0.615. The zero-order valence-electron chi connectivity index (χ0n) is 6.65. The van der Waals surface area contributed by atoms with Gasteiger partial charge in [0.05, 0.1) is 5.29 Å². The van der Waals surface area contributed by atoms with Crippen molar-refractivity contribution in [2.75, 3.05) is 6.54 Å². The summed E-state index contributed by atoms with van der Waals surface area (Å²) in [6.07, 6.45) is 0.707. The molecule has 0 aliphatic rings. The van der Waals surface area contributed by atoms with Gasteiger partial charge in [0.2, 0.25) is 0 Å². The van der Waals surface area contributed by atoms with Crippen molar-refractivity contribution in [2.24, 2.45) is 5.29 Å². The Morgan fingerprint density at radius 3 is 2.55 bits per heavy atom. The Morgan fingerprint density at radius 1 is 1.73 bits per heavy atom. The van der Waals surface area contributed by atoms with Gasteiger partial charge < -0.3 is 5.11 Å². The lowest BCUT2D eigenvalue weighted by Crippen LogP contribution is -2.32. The largest absolute Gasteiger partial charge is 0.480 e. The third-order valence-corrected chi connectivity index (χ3v) is 1.50. The fourth-order valence-electron chi connectivity index (χ4n) is 0.615. The lowest BCUT2D eigenvalue weighted by atomic mass is 10.2. The number of rotatable bonds is 5. The van der Waals surface area contributed by atoms with Gasteiger partial charge in [0.1, 0.15) is 6.54 Å². The van der Waals surface area contributed by atoms with Crippen molar-refractivity contribution in [3.05, 3.63) is 4.91 Å². The Kier molecular flexibility index (Phi) is 4.17. The van der Waals surface area contributed by atoms with Crippen LogP contribution in [0, 0.1) is 4.91 Å². The number of nitroso groups, excluding NO2 is 1. The molecule has 0 aromatic carbocycles. The van der Waals surface area contributed by atoms with Gasteiger partial charge in [0.15, 0.2) is 0 Å². The van der Waals surface area contributed by atoms with Crippen molar-refractivity contribution in [1.82, 2.24) is 5.01 Å². The Bertz CT molecular complexity index is 149. The SMILES string of the molecule is CCC(C)N(CC(=O)O)N=O. The number of carbonyl (C=O) groups is 1. The summed E-state index contributed by atoms with van der Waals surface area (Å²) in [4.78, 5) is 20.2. The highest BCUT2D eigenvalue weighted by Gasteiger charge is 2.13. The van der Waals surface area contributed by atoms with E-state index in [1.807, 2.05) is 6.92 Å². The monoisotopic (exact) mass is 160 g/mol. The molecule has 1 N–H and O–H groups in total. The number of carboxylic acids is 1. The van der Waals surface area contributed by atoms with Crippen LogP contribution in [0.4, 0.5) is 0 Å². The zero-order chi connectivity index (χ0) is 8.85. The summed E-state index contributed by atoms with van der Waals surface area (Å²) < 4.78 is 0. The molecule has 0 aliphatic carbocycles. The Balaban J connectivity index is 3.94. The van der Waals surface area contributed by atoms with Crippen molar-refractivity contribution in [3.63, 3.8) is 0 Å². The van der Waals surface area contributed by atoms with Crippen LogP contribution in [0.1, 0.15) is 20.3 Å². The van der Waals surface area contributed by atoms with Crippen molar-refractivity contribution in [3.8, 4) is 0 Å². The van der Waals surface area contributed by atoms with E-state index in [4.69, 9.17) is 5.11 Å². The highest BCUT2D eigenvalue weighted by Crippen LogP contribution is 2.02. The molecule has 64 valence electrons. The summed E-state index contributed by atoms with van der Waals surface area (Å²) in [5.74, 6) is -1.04. The molecule has 5 nitrogen and oxygen atoms in total. The molecular formula is C6H12N2O3. The van der Waals surface area contributed by atoms with Crippen LogP contribution in [0.25, 0.3) is 0 Å². The second-order valence-corrected chi connectivity index (χ2v) is 2.33. The molecule has 0 heterocycles. The van der Waals surface area contributed by atoms with E-state index in [0.717, 1.165) is 5.01 Å². The second-order valence-electron chi connectivity index (χ2n) is 2.33. The van der Waals surface area contributed by atoms with Crippen molar-refractivity contribution in [1.29, 1.82) is 0 Å². The highest BCUT2D eigenvalue weighted by atomic mass is 16.4. The molecule has 0 aromatic heterocycles. The first kappa shape index (κ1) is 9.87. The lowest BCUT2D eigenvalue weighted by Gasteiger charge is -2.18. The maximum absolute atomic E-state index is 10.1. The zero-order valence-corrected chi connectivity index (χ0v) is 6.65. The molecule has 0 saturated carbocycles. The van der Waals surface area contributed by atoms with Gasteiger partial charge in [-0.1, -0.05) is 6.92 Å². The number of nitrogens with zero attached hydrogens (tertiary/aromatic N) is 2. The minimum Gasteiger partial charge on any atom is -0.480 e. The summed E-state index contributed by atoms with van der Waals surface area (Å²) in [5.41, 5.74) is 0. The Labute approximate surface area is 64.9 Å². The van der Waals surface area contributed by atoms with Crippen LogP contribution >= 0.6 is 0 Å². The predicted molar refractivity (Wildman–Crippen MR) is 39.9 cm³/mol. The van der Waals surface area contributed by atoms with Crippen LogP contribution in [0.5, 0.6) is 0 Å². The number of aliphatic carboxylic acids is 1. The number of hydrogen-bond donors (Lipinski definition) is 1. The fraction of sp³-hybridized carbons (Fsp3) is 0.833. The third kappa shape index (κ3) is 3.54. The van der Waals surface area contributed by atoms with Gasteiger partial charge in [0, 0.05) is 6.04 Å². The third-order valence-electron chi connectivity index (χ3n) is 1.50. The number of hydrogen-bond acceptors (Lipinski definition) is 3. The van der Waals surface area contributed by atoms with Crippen LogP contribution in [0.3, 0.4) is 0 Å². The molecule has 1 atom stereocenters. The average Bonchev–Trinajstić information content (AvgIpc) is 1.98. The molecular weight excluding hydrogens is 148 g/mol. The van der Waals surface area contributed by atoms with E-state index in [1.54, 1.807) is 6.92 Å². The van der Waals surface area contributed by atoms with E-state index in [2.05, 4.69) is 5.29 Å². The molecule has 5 heteroatoms. The lowest BCUT2D eigenvalue weighted by molar-refractivity contribution is -0.138. The molecule has 0 aromatic rings. The van der Waals surface area contributed by atoms with E-state index in [-0.39, 0.29) is 12.6 Å². The Morgan fingerprint density at radius 2 is 2.27 bits per heavy atom. The van der Waals surface area contributed by atoms with Crippen LogP contribution in [-0.4, -0.2) is 28.7 Å². The van der Waals surface area contributed by atoms with E-state index in [9.17, 15) is 9.70 Å². The molecule has 11 heavy (non-hydrogen) atoms. The van der Waals surface area contributed by atoms with Gasteiger partial charge >= 0.3 is 5.97 Å². The highest BCUT2D eigenvalue weighted by molar-refractivity contribution is 5.69. The quantitative estimate of drug-likeness (QED) is 0.478. The van der Waals surface area contributed by atoms with Crippen LogP contribution in [-0.2, 0) is 4.79 Å². The summed E-state index contributed by atoms with van der Waals surface area (Å²) in [5, 5.41) is 11.9.